The zero-order valence-corrected chi connectivity index (χ0v) is 28.8. The van der Waals surface area contributed by atoms with Crippen LogP contribution in [0.5, 0.6) is 0 Å². The van der Waals surface area contributed by atoms with Crippen LogP contribution in [0.1, 0.15) is 134 Å². The number of carbonyl (C=O) groups is 3. The maximum absolute atomic E-state index is 10.3. The van der Waals surface area contributed by atoms with E-state index in [1.165, 1.54) is 12.5 Å². The van der Waals surface area contributed by atoms with E-state index < -0.39 is 0 Å². The average Bonchev–Trinajstić information content (AvgIpc) is 2.85. The Bertz CT molecular complexity index is 673. The van der Waals surface area contributed by atoms with Crippen molar-refractivity contribution in [1.82, 2.24) is 0 Å². The predicted octanol–water partition coefficient (Wildman–Crippen LogP) is 8.83. The number of methoxy groups -OCH3 is 1. The summed E-state index contributed by atoms with van der Waals surface area (Å²) < 4.78 is 9.58. The van der Waals surface area contributed by atoms with Crippen molar-refractivity contribution in [2.75, 3.05) is 20.3 Å². The molecule has 1 rings (SSSR count). The normalized spacial score (nSPS) is 9.68. The number of ether oxygens (including phenoxy) is 2. The van der Waals surface area contributed by atoms with Crippen LogP contribution in [0.2, 0.25) is 0 Å². The minimum Gasteiger partial charge on any atom is -0.466 e. The van der Waals surface area contributed by atoms with E-state index in [0.29, 0.717) is 37.4 Å². The lowest BCUT2D eigenvalue weighted by Gasteiger charge is -2.14. The summed E-state index contributed by atoms with van der Waals surface area (Å²) in [5, 5.41) is 8.14. The van der Waals surface area contributed by atoms with Gasteiger partial charge in [-0.25, -0.2) is 0 Å². The number of unbranched alkanes of at least 4 members (excludes halogenated alkanes) is 1. The quantitative estimate of drug-likeness (QED) is 0.248. The number of benzene rings is 1. The van der Waals surface area contributed by atoms with Crippen LogP contribution in [0.4, 0.5) is 0 Å². The molecule has 0 aliphatic heterocycles. The first kappa shape index (κ1) is 47.7. The maximum atomic E-state index is 10.3. The number of aliphatic hydroxyl groups is 1. The van der Waals surface area contributed by atoms with E-state index in [2.05, 4.69) is 49.8 Å². The van der Waals surface area contributed by atoms with Crippen LogP contribution in [-0.2, 0) is 23.9 Å². The van der Waals surface area contributed by atoms with Gasteiger partial charge >= 0.3 is 5.97 Å². The highest BCUT2D eigenvalue weighted by molar-refractivity contribution is 5.75. The van der Waals surface area contributed by atoms with Gasteiger partial charge in [0.1, 0.15) is 11.6 Å². The number of hydrogen-bond acceptors (Lipinski definition) is 6. The average molecular weight is 571 g/mol. The lowest BCUT2D eigenvalue weighted by atomic mass is 10.0. The number of carbonyl (C=O) groups excluding carboxylic acids is 3. The molecule has 0 bridgehead atoms. The van der Waals surface area contributed by atoms with E-state index in [4.69, 9.17) is 9.84 Å². The van der Waals surface area contributed by atoms with Crippen LogP contribution in [0.3, 0.4) is 0 Å². The number of esters is 1. The van der Waals surface area contributed by atoms with Gasteiger partial charge in [-0.3, -0.25) is 4.79 Å². The van der Waals surface area contributed by atoms with Crippen LogP contribution in [0.15, 0.2) is 30.3 Å². The van der Waals surface area contributed by atoms with Crippen molar-refractivity contribution in [3.8, 4) is 0 Å². The molecule has 0 aliphatic carbocycles. The lowest BCUT2D eigenvalue weighted by Crippen LogP contribution is -2.15. The van der Waals surface area contributed by atoms with Crippen molar-refractivity contribution in [2.45, 2.75) is 134 Å². The predicted molar refractivity (Wildman–Crippen MR) is 172 cm³/mol. The van der Waals surface area contributed by atoms with Crippen molar-refractivity contribution in [3.05, 3.63) is 35.9 Å². The van der Waals surface area contributed by atoms with Gasteiger partial charge in [0, 0.05) is 33.5 Å². The standard InChI is InChI=1S/C9H12.C6H12O2.C6H12O.C5H12O.C4H10O.C4H8O/c1-8(2)9-6-4-3-5-7-9;1-3-4-5-8-6(2)7;1-5(2)4-6(3)7;1-5(2,3)6-4;1-4(2)3-5;1-3-4(2)5/h3-8H,1-2H3;3-5H2,1-2H3;5H,4H2,1-3H3;1-4H3;4-5H,3H2,1-2H3;3H2,1-2H3. The van der Waals surface area contributed by atoms with Gasteiger partial charge in [0.2, 0.25) is 0 Å². The van der Waals surface area contributed by atoms with E-state index >= 15 is 0 Å². The van der Waals surface area contributed by atoms with Crippen molar-refractivity contribution in [3.63, 3.8) is 0 Å². The third kappa shape index (κ3) is 65.2. The SMILES string of the molecule is CC(=O)CC(C)C.CC(C)CO.CC(C)c1ccccc1.CCC(C)=O.CCCCOC(C)=O.COC(C)(C)C. The van der Waals surface area contributed by atoms with Crippen molar-refractivity contribution >= 4 is 17.5 Å². The molecule has 0 saturated carbocycles. The van der Waals surface area contributed by atoms with Gasteiger partial charge < -0.3 is 24.2 Å². The topological polar surface area (TPSA) is 89.9 Å². The number of Topliss-reactive ketones (excluding diaryl/α,β-unsaturated/α-hetero) is 2. The molecule has 0 saturated heterocycles. The Morgan fingerprint density at radius 3 is 1.38 bits per heavy atom. The molecule has 0 amide bonds. The second-order valence-electron chi connectivity index (χ2n) is 11.5. The molecule has 1 aromatic rings. The van der Waals surface area contributed by atoms with Crippen LogP contribution >= 0.6 is 0 Å². The van der Waals surface area contributed by atoms with Crippen molar-refractivity contribution in [2.24, 2.45) is 11.8 Å². The Labute approximate surface area is 248 Å². The van der Waals surface area contributed by atoms with Gasteiger partial charge in [0.15, 0.2) is 0 Å². The summed E-state index contributed by atoms with van der Waals surface area (Å²) in [5.41, 5.74) is 1.46. The second-order valence-corrected chi connectivity index (χ2v) is 11.5. The van der Waals surface area contributed by atoms with E-state index in [1.54, 1.807) is 21.0 Å². The fourth-order valence-electron chi connectivity index (χ4n) is 1.77. The van der Waals surface area contributed by atoms with Gasteiger partial charge in [-0.1, -0.05) is 92.1 Å². The molecule has 0 aromatic heterocycles. The Balaban J connectivity index is -0.000000124. The molecule has 6 nitrogen and oxygen atoms in total. The maximum Gasteiger partial charge on any atom is 0.302 e. The molecule has 40 heavy (non-hydrogen) atoms. The molecule has 0 atom stereocenters. The zero-order chi connectivity index (χ0) is 32.7. The first-order valence-corrected chi connectivity index (χ1v) is 14.6. The first-order chi connectivity index (χ1) is 18.3. The van der Waals surface area contributed by atoms with Crippen molar-refractivity contribution < 1.29 is 29.0 Å². The summed E-state index contributed by atoms with van der Waals surface area (Å²) in [7, 11) is 1.71. The van der Waals surface area contributed by atoms with E-state index in [-0.39, 0.29) is 23.1 Å². The summed E-state index contributed by atoms with van der Waals surface area (Å²) in [5.74, 6) is 1.98. The number of aliphatic hydroxyl groups excluding tert-OH is 1. The molecule has 0 radical (unpaired) electrons. The second kappa shape index (κ2) is 33.2. The molecule has 1 N–H and O–H groups in total. The minimum absolute atomic E-state index is 0.0417. The highest BCUT2D eigenvalue weighted by atomic mass is 16.5. The summed E-state index contributed by atoms with van der Waals surface area (Å²) in [6.07, 6.45) is 3.44. The first-order valence-electron chi connectivity index (χ1n) is 14.6. The third-order valence-electron chi connectivity index (χ3n) is 4.44. The lowest BCUT2D eigenvalue weighted by molar-refractivity contribution is -0.141. The molecule has 0 unspecified atom stereocenters. The van der Waals surface area contributed by atoms with Gasteiger partial charge in [0.25, 0.3) is 0 Å². The third-order valence-corrected chi connectivity index (χ3v) is 4.44. The Hall–Kier alpha value is -2.05. The highest BCUT2D eigenvalue weighted by Crippen LogP contribution is 2.11. The van der Waals surface area contributed by atoms with E-state index in [0.717, 1.165) is 19.3 Å². The van der Waals surface area contributed by atoms with Gasteiger partial charge in [-0.15, -0.1) is 0 Å². The van der Waals surface area contributed by atoms with Crippen LogP contribution in [-0.4, -0.2) is 48.6 Å². The largest absolute Gasteiger partial charge is 0.466 e. The van der Waals surface area contributed by atoms with Crippen molar-refractivity contribution in [1.29, 1.82) is 0 Å². The Kier molecular flexibility index (Phi) is 39.6. The molecular weight excluding hydrogens is 504 g/mol. The fraction of sp³-hybridized carbons (Fsp3) is 0.735. The van der Waals surface area contributed by atoms with Crippen LogP contribution < -0.4 is 0 Å². The van der Waals surface area contributed by atoms with Gasteiger partial charge in [-0.2, -0.15) is 0 Å². The van der Waals surface area contributed by atoms with Gasteiger partial charge in [-0.05, 0) is 64.4 Å². The van der Waals surface area contributed by atoms with Gasteiger partial charge in [0.05, 0.1) is 12.2 Å². The molecule has 1 aromatic carbocycles. The molecule has 6 heteroatoms. The molecule has 0 aliphatic rings. The van der Waals surface area contributed by atoms with Crippen LogP contribution in [0, 0.1) is 11.8 Å². The molecule has 238 valence electrons. The molecule has 0 fully saturated rings. The Morgan fingerprint density at radius 2 is 1.23 bits per heavy atom. The molecule has 0 heterocycles. The molecule has 0 spiro atoms. The molecular formula is C34H66O6. The summed E-state index contributed by atoms with van der Waals surface area (Å²) in [6.45, 7) is 27.9. The minimum atomic E-state index is -0.182. The number of ketones is 2. The number of hydrogen-bond donors (Lipinski definition) is 1. The summed E-state index contributed by atoms with van der Waals surface area (Å²) in [6, 6.07) is 10.5. The zero-order valence-electron chi connectivity index (χ0n) is 28.8. The highest BCUT2D eigenvalue weighted by Gasteiger charge is 2.04. The number of rotatable bonds is 8. The smallest absolute Gasteiger partial charge is 0.302 e. The summed E-state index contributed by atoms with van der Waals surface area (Å²) in [4.78, 5) is 30.2. The fourth-order valence-corrected chi connectivity index (χ4v) is 1.77. The monoisotopic (exact) mass is 570 g/mol. The van der Waals surface area contributed by atoms with E-state index in [1.807, 2.05) is 61.5 Å². The van der Waals surface area contributed by atoms with Crippen LogP contribution in [0.25, 0.3) is 0 Å². The van der Waals surface area contributed by atoms with E-state index in [9.17, 15) is 14.4 Å². The Morgan fingerprint density at radius 1 is 0.825 bits per heavy atom. The summed E-state index contributed by atoms with van der Waals surface area (Å²) >= 11 is 0.